The first-order valence-corrected chi connectivity index (χ1v) is 6.69. The monoisotopic (exact) mass is 250 g/mol. The second kappa shape index (κ2) is 7.34. The first-order chi connectivity index (χ1) is 8.88. The Hall–Kier alpha value is -1.13. The van der Waals surface area contributed by atoms with Crippen molar-refractivity contribution in [3.05, 3.63) is 23.9 Å². The Morgan fingerprint density at radius 2 is 2.33 bits per heavy atom. The molecule has 0 bridgehead atoms. The molecule has 1 aromatic rings. The van der Waals surface area contributed by atoms with E-state index in [0.717, 1.165) is 25.3 Å². The molecule has 0 amide bonds. The third kappa shape index (κ3) is 4.27. The second-order valence-corrected chi connectivity index (χ2v) is 4.66. The molecule has 1 aromatic heterocycles. The van der Waals surface area contributed by atoms with Gasteiger partial charge >= 0.3 is 0 Å². The highest BCUT2D eigenvalue weighted by molar-refractivity contribution is 5.14. The van der Waals surface area contributed by atoms with Crippen molar-refractivity contribution in [3.8, 4) is 5.88 Å². The van der Waals surface area contributed by atoms with Crippen molar-refractivity contribution < 1.29 is 9.47 Å². The van der Waals surface area contributed by atoms with E-state index in [2.05, 4.69) is 10.3 Å². The average molecular weight is 250 g/mol. The molecule has 0 spiro atoms. The largest absolute Gasteiger partial charge is 0.481 e. The van der Waals surface area contributed by atoms with Crippen LogP contribution in [0, 0.1) is 0 Å². The van der Waals surface area contributed by atoms with Crippen LogP contribution < -0.4 is 10.1 Å². The topological polar surface area (TPSA) is 43.4 Å². The standard InChI is InChI=1S/C14H22N2O2/c1-17-14-7-4-6-13(16-14)11-18-10-8-12-5-2-3-9-15-12/h4,6-7,12,15H,2-3,5,8-11H2,1H3. The summed E-state index contributed by atoms with van der Waals surface area (Å²) in [6, 6.07) is 6.38. The fourth-order valence-electron chi connectivity index (χ4n) is 2.22. The van der Waals surface area contributed by atoms with Crippen molar-refractivity contribution in [3.63, 3.8) is 0 Å². The summed E-state index contributed by atoms with van der Waals surface area (Å²) in [6.07, 6.45) is 5.02. The van der Waals surface area contributed by atoms with Crippen molar-refractivity contribution in [1.29, 1.82) is 0 Å². The predicted molar refractivity (Wildman–Crippen MR) is 70.7 cm³/mol. The summed E-state index contributed by atoms with van der Waals surface area (Å²) < 4.78 is 10.7. The number of aromatic nitrogens is 1. The van der Waals surface area contributed by atoms with Crippen molar-refractivity contribution in [2.24, 2.45) is 0 Å². The van der Waals surface area contributed by atoms with E-state index in [1.807, 2.05) is 18.2 Å². The van der Waals surface area contributed by atoms with E-state index < -0.39 is 0 Å². The summed E-state index contributed by atoms with van der Waals surface area (Å²) in [7, 11) is 1.63. The number of hydrogen-bond acceptors (Lipinski definition) is 4. The molecule has 0 radical (unpaired) electrons. The van der Waals surface area contributed by atoms with Crippen molar-refractivity contribution in [2.75, 3.05) is 20.3 Å². The van der Waals surface area contributed by atoms with E-state index in [1.54, 1.807) is 7.11 Å². The first kappa shape index (κ1) is 13.3. The lowest BCUT2D eigenvalue weighted by atomic mass is 10.0. The smallest absolute Gasteiger partial charge is 0.213 e. The van der Waals surface area contributed by atoms with Crippen LogP contribution in [0.4, 0.5) is 0 Å². The average Bonchev–Trinajstić information content (AvgIpc) is 2.45. The minimum Gasteiger partial charge on any atom is -0.481 e. The molecule has 1 atom stereocenters. The Kier molecular flexibility index (Phi) is 5.42. The molecule has 2 heterocycles. The number of methoxy groups -OCH3 is 1. The lowest BCUT2D eigenvalue weighted by molar-refractivity contribution is 0.105. The summed E-state index contributed by atoms with van der Waals surface area (Å²) >= 11 is 0. The van der Waals surface area contributed by atoms with Gasteiger partial charge in [-0.2, -0.15) is 0 Å². The third-order valence-electron chi connectivity index (χ3n) is 3.26. The number of ether oxygens (including phenoxy) is 2. The van der Waals surface area contributed by atoms with E-state index in [-0.39, 0.29) is 0 Å². The van der Waals surface area contributed by atoms with Gasteiger partial charge in [0.05, 0.1) is 19.4 Å². The molecule has 18 heavy (non-hydrogen) atoms. The minimum absolute atomic E-state index is 0.559. The van der Waals surface area contributed by atoms with Crippen LogP contribution in [0.5, 0.6) is 5.88 Å². The van der Waals surface area contributed by atoms with Gasteiger partial charge in [0.15, 0.2) is 0 Å². The van der Waals surface area contributed by atoms with E-state index >= 15 is 0 Å². The van der Waals surface area contributed by atoms with E-state index in [4.69, 9.17) is 9.47 Å². The fraction of sp³-hybridized carbons (Fsp3) is 0.643. The molecule has 1 N–H and O–H groups in total. The van der Waals surface area contributed by atoms with Gasteiger partial charge in [0, 0.05) is 18.7 Å². The van der Waals surface area contributed by atoms with Crippen LogP contribution in [-0.2, 0) is 11.3 Å². The first-order valence-electron chi connectivity index (χ1n) is 6.69. The maximum absolute atomic E-state index is 5.66. The zero-order valence-electron chi connectivity index (χ0n) is 11.0. The molecule has 4 nitrogen and oxygen atoms in total. The number of nitrogens with one attached hydrogen (secondary N) is 1. The van der Waals surface area contributed by atoms with Gasteiger partial charge in [-0.05, 0) is 31.9 Å². The Bertz CT molecular complexity index is 351. The van der Waals surface area contributed by atoms with Gasteiger partial charge < -0.3 is 14.8 Å². The molecule has 1 aliphatic rings. The molecule has 1 fully saturated rings. The highest BCUT2D eigenvalue weighted by Crippen LogP contribution is 2.11. The van der Waals surface area contributed by atoms with E-state index in [9.17, 15) is 0 Å². The van der Waals surface area contributed by atoms with Gasteiger partial charge in [-0.15, -0.1) is 0 Å². The van der Waals surface area contributed by atoms with Crippen molar-refractivity contribution >= 4 is 0 Å². The van der Waals surface area contributed by atoms with Crippen LogP contribution in [0.25, 0.3) is 0 Å². The quantitative estimate of drug-likeness (QED) is 0.786. The maximum atomic E-state index is 5.66. The Morgan fingerprint density at radius 1 is 1.39 bits per heavy atom. The minimum atomic E-state index is 0.559. The summed E-state index contributed by atoms with van der Waals surface area (Å²) in [5.74, 6) is 0.644. The molecule has 100 valence electrons. The van der Waals surface area contributed by atoms with Crippen LogP contribution in [0.1, 0.15) is 31.4 Å². The van der Waals surface area contributed by atoms with Crippen LogP contribution in [0.3, 0.4) is 0 Å². The predicted octanol–water partition coefficient (Wildman–Crippen LogP) is 2.14. The van der Waals surface area contributed by atoms with Crippen LogP contribution >= 0.6 is 0 Å². The zero-order valence-corrected chi connectivity index (χ0v) is 11.0. The van der Waals surface area contributed by atoms with Gasteiger partial charge in [0.25, 0.3) is 0 Å². The molecular weight excluding hydrogens is 228 g/mol. The normalized spacial score (nSPS) is 19.7. The molecule has 4 heteroatoms. The third-order valence-corrected chi connectivity index (χ3v) is 3.26. The van der Waals surface area contributed by atoms with Crippen molar-refractivity contribution in [1.82, 2.24) is 10.3 Å². The van der Waals surface area contributed by atoms with Crippen LogP contribution in [-0.4, -0.2) is 31.3 Å². The number of nitrogens with zero attached hydrogens (tertiary/aromatic N) is 1. The van der Waals surface area contributed by atoms with Gasteiger partial charge in [-0.3, -0.25) is 0 Å². The fourth-order valence-corrected chi connectivity index (χ4v) is 2.22. The zero-order chi connectivity index (χ0) is 12.6. The Morgan fingerprint density at radius 3 is 3.11 bits per heavy atom. The lowest BCUT2D eigenvalue weighted by Gasteiger charge is -2.23. The highest BCUT2D eigenvalue weighted by atomic mass is 16.5. The molecule has 0 aromatic carbocycles. The molecule has 1 saturated heterocycles. The SMILES string of the molecule is COc1cccc(COCCC2CCCCN2)n1. The second-order valence-electron chi connectivity index (χ2n) is 4.66. The van der Waals surface area contributed by atoms with Gasteiger partial charge in [0.2, 0.25) is 5.88 Å². The summed E-state index contributed by atoms with van der Waals surface area (Å²) in [5.41, 5.74) is 0.922. The molecule has 0 saturated carbocycles. The van der Waals surface area contributed by atoms with Gasteiger partial charge in [-0.25, -0.2) is 4.98 Å². The van der Waals surface area contributed by atoms with E-state index in [1.165, 1.54) is 19.3 Å². The van der Waals surface area contributed by atoms with Gasteiger partial charge in [0.1, 0.15) is 0 Å². The summed E-state index contributed by atoms with van der Waals surface area (Å²) in [4.78, 5) is 4.31. The lowest BCUT2D eigenvalue weighted by Crippen LogP contribution is -2.34. The number of pyridine rings is 1. The van der Waals surface area contributed by atoms with Crippen LogP contribution in [0.15, 0.2) is 18.2 Å². The number of rotatable bonds is 6. The summed E-state index contributed by atoms with van der Waals surface area (Å²) in [5, 5.41) is 3.52. The number of piperidine rings is 1. The van der Waals surface area contributed by atoms with Crippen LogP contribution in [0.2, 0.25) is 0 Å². The molecule has 2 rings (SSSR count). The molecular formula is C14H22N2O2. The maximum Gasteiger partial charge on any atom is 0.213 e. The highest BCUT2D eigenvalue weighted by Gasteiger charge is 2.11. The molecule has 1 aliphatic heterocycles. The Balaban J connectivity index is 1.65. The van der Waals surface area contributed by atoms with Crippen molar-refractivity contribution in [2.45, 2.75) is 38.3 Å². The summed E-state index contributed by atoms with van der Waals surface area (Å²) in [6.45, 7) is 2.50. The Labute approximate surface area is 109 Å². The van der Waals surface area contributed by atoms with E-state index in [0.29, 0.717) is 18.5 Å². The van der Waals surface area contributed by atoms with Gasteiger partial charge in [-0.1, -0.05) is 12.5 Å². The number of hydrogen-bond donors (Lipinski definition) is 1. The molecule has 0 aliphatic carbocycles. The molecule has 1 unspecified atom stereocenters.